The summed E-state index contributed by atoms with van der Waals surface area (Å²) in [7, 11) is 2.10. The monoisotopic (exact) mass is 220 g/mol. The Hall–Kier alpha value is -1.22. The molecule has 0 aliphatic carbocycles. The van der Waals surface area contributed by atoms with Crippen LogP contribution in [-0.2, 0) is 6.42 Å². The van der Waals surface area contributed by atoms with Crippen LogP contribution in [0.1, 0.15) is 18.9 Å². The Labute approximate surface area is 97.2 Å². The first-order chi connectivity index (χ1) is 7.70. The van der Waals surface area contributed by atoms with E-state index in [1.165, 1.54) is 11.3 Å². The molecule has 0 amide bonds. The summed E-state index contributed by atoms with van der Waals surface area (Å²) in [5, 5.41) is 0. The maximum absolute atomic E-state index is 5.96. The Morgan fingerprint density at radius 1 is 1.50 bits per heavy atom. The van der Waals surface area contributed by atoms with Crippen LogP contribution in [0.5, 0.6) is 5.75 Å². The molecular weight excluding hydrogens is 200 g/mol. The fraction of sp³-hybridized carbons (Fsp3) is 0.538. The fourth-order valence-corrected chi connectivity index (χ4v) is 1.98. The lowest BCUT2D eigenvalue weighted by Crippen LogP contribution is -2.29. The van der Waals surface area contributed by atoms with E-state index in [4.69, 9.17) is 10.5 Å². The number of benzene rings is 1. The van der Waals surface area contributed by atoms with Gasteiger partial charge in [0.25, 0.3) is 0 Å². The van der Waals surface area contributed by atoms with Gasteiger partial charge in [0.2, 0.25) is 0 Å². The van der Waals surface area contributed by atoms with Gasteiger partial charge in [0, 0.05) is 13.1 Å². The third-order valence-corrected chi connectivity index (χ3v) is 3.14. The molecule has 1 aromatic carbocycles. The largest absolute Gasteiger partial charge is 0.490 e. The van der Waals surface area contributed by atoms with Gasteiger partial charge in [-0.1, -0.05) is 13.0 Å². The number of hydrogen-bond acceptors (Lipinski definition) is 3. The molecule has 3 heteroatoms. The fourth-order valence-electron chi connectivity index (χ4n) is 1.98. The van der Waals surface area contributed by atoms with Crippen molar-refractivity contribution in [3.63, 3.8) is 0 Å². The molecule has 1 aliphatic heterocycles. The number of ether oxygens (including phenoxy) is 1. The molecule has 1 aromatic rings. The Morgan fingerprint density at radius 3 is 3.06 bits per heavy atom. The van der Waals surface area contributed by atoms with E-state index in [1.54, 1.807) is 0 Å². The molecule has 2 rings (SSSR count). The molecule has 2 N–H and O–H groups in total. The molecule has 1 unspecified atom stereocenters. The smallest absolute Gasteiger partial charge is 0.142 e. The second-order valence-corrected chi connectivity index (χ2v) is 4.44. The molecule has 0 aromatic heterocycles. The number of rotatable bonds is 3. The van der Waals surface area contributed by atoms with Crippen molar-refractivity contribution in [1.29, 1.82) is 0 Å². The minimum Gasteiger partial charge on any atom is -0.490 e. The number of nitrogens with zero attached hydrogens (tertiary/aromatic N) is 1. The third-order valence-electron chi connectivity index (χ3n) is 3.14. The topological polar surface area (TPSA) is 38.5 Å². The van der Waals surface area contributed by atoms with E-state index >= 15 is 0 Å². The molecule has 1 heterocycles. The SMILES string of the molecule is CCC(N)Cc1ccc2c(c1)OCCN2C. The Kier molecular flexibility index (Phi) is 3.34. The van der Waals surface area contributed by atoms with Gasteiger partial charge in [-0.2, -0.15) is 0 Å². The van der Waals surface area contributed by atoms with E-state index in [2.05, 4.69) is 37.1 Å². The zero-order valence-corrected chi connectivity index (χ0v) is 10.1. The molecular formula is C13H20N2O. The first-order valence-electron chi connectivity index (χ1n) is 5.93. The van der Waals surface area contributed by atoms with Gasteiger partial charge in [-0.3, -0.25) is 0 Å². The average molecular weight is 220 g/mol. The first-order valence-corrected chi connectivity index (χ1v) is 5.93. The maximum atomic E-state index is 5.96. The highest BCUT2D eigenvalue weighted by molar-refractivity contribution is 5.60. The predicted molar refractivity (Wildman–Crippen MR) is 67.2 cm³/mol. The van der Waals surface area contributed by atoms with Crippen LogP contribution in [0.15, 0.2) is 18.2 Å². The van der Waals surface area contributed by atoms with Crippen LogP contribution in [0.25, 0.3) is 0 Å². The summed E-state index contributed by atoms with van der Waals surface area (Å²) in [6.45, 7) is 3.85. The summed E-state index contributed by atoms with van der Waals surface area (Å²) in [4.78, 5) is 2.22. The minimum absolute atomic E-state index is 0.249. The summed E-state index contributed by atoms with van der Waals surface area (Å²) in [6, 6.07) is 6.66. The molecule has 0 spiro atoms. The molecule has 0 saturated heterocycles. The van der Waals surface area contributed by atoms with Crippen molar-refractivity contribution in [1.82, 2.24) is 0 Å². The number of nitrogens with two attached hydrogens (primary N) is 1. The zero-order chi connectivity index (χ0) is 11.5. The third kappa shape index (κ3) is 2.30. The highest BCUT2D eigenvalue weighted by Crippen LogP contribution is 2.31. The van der Waals surface area contributed by atoms with Crippen LogP contribution in [0, 0.1) is 0 Å². The molecule has 16 heavy (non-hydrogen) atoms. The second-order valence-electron chi connectivity index (χ2n) is 4.44. The summed E-state index contributed by atoms with van der Waals surface area (Å²) in [5.41, 5.74) is 8.40. The molecule has 0 fully saturated rings. The van der Waals surface area contributed by atoms with E-state index in [0.29, 0.717) is 0 Å². The zero-order valence-electron chi connectivity index (χ0n) is 10.1. The van der Waals surface area contributed by atoms with Gasteiger partial charge in [0.1, 0.15) is 12.4 Å². The average Bonchev–Trinajstić information content (AvgIpc) is 2.29. The molecule has 88 valence electrons. The van der Waals surface area contributed by atoms with E-state index in [1.807, 2.05) is 0 Å². The van der Waals surface area contributed by atoms with Crippen molar-refractivity contribution in [2.75, 3.05) is 25.1 Å². The van der Waals surface area contributed by atoms with Crippen LogP contribution in [0.4, 0.5) is 5.69 Å². The standard InChI is InChI=1S/C13H20N2O/c1-3-11(14)8-10-4-5-12-13(9-10)16-7-6-15(12)2/h4-5,9,11H,3,6-8,14H2,1-2H3. The van der Waals surface area contributed by atoms with Crippen molar-refractivity contribution in [2.24, 2.45) is 5.73 Å². The van der Waals surface area contributed by atoms with Gasteiger partial charge >= 0.3 is 0 Å². The molecule has 1 atom stereocenters. The number of fused-ring (bicyclic) bond motifs is 1. The van der Waals surface area contributed by atoms with Gasteiger partial charge < -0.3 is 15.4 Å². The van der Waals surface area contributed by atoms with E-state index in [0.717, 1.165) is 31.7 Å². The molecule has 1 aliphatic rings. The van der Waals surface area contributed by atoms with Crippen molar-refractivity contribution in [3.05, 3.63) is 23.8 Å². The molecule has 0 bridgehead atoms. The quantitative estimate of drug-likeness (QED) is 0.844. The predicted octanol–water partition coefficient (Wildman–Crippen LogP) is 1.79. The van der Waals surface area contributed by atoms with Gasteiger partial charge in [0.15, 0.2) is 0 Å². The van der Waals surface area contributed by atoms with E-state index in [-0.39, 0.29) is 6.04 Å². The molecule has 0 saturated carbocycles. The van der Waals surface area contributed by atoms with Crippen molar-refractivity contribution < 1.29 is 4.74 Å². The lowest BCUT2D eigenvalue weighted by Gasteiger charge is -2.28. The summed E-state index contributed by atoms with van der Waals surface area (Å²) >= 11 is 0. The van der Waals surface area contributed by atoms with E-state index < -0.39 is 0 Å². The van der Waals surface area contributed by atoms with Crippen molar-refractivity contribution >= 4 is 5.69 Å². The maximum Gasteiger partial charge on any atom is 0.142 e. The summed E-state index contributed by atoms with van der Waals surface area (Å²) in [5.74, 6) is 0.995. The van der Waals surface area contributed by atoms with Gasteiger partial charge in [-0.25, -0.2) is 0 Å². The lowest BCUT2D eigenvalue weighted by molar-refractivity contribution is 0.311. The van der Waals surface area contributed by atoms with Crippen LogP contribution >= 0.6 is 0 Å². The number of hydrogen-bond donors (Lipinski definition) is 1. The number of anilines is 1. The van der Waals surface area contributed by atoms with Gasteiger partial charge in [-0.15, -0.1) is 0 Å². The number of likely N-dealkylation sites (N-methyl/N-ethyl adjacent to an activating group) is 1. The minimum atomic E-state index is 0.249. The molecule has 0 radical (unpaired) electrons. The molecule has 3 nitrogen and oxygen atoms in total. The van der Waals surface area contributed by atoms with Crippen LogP contribution < -0.4 is 15.4 Å². The van der Waals surface area contributed by atoms with Gasteiger partial charge in [0.05, 0.1) is 12.2 Å². The lowest BCUT2D eigenvalue weighted by atomic mass is 10.0. The van der Waals surface area contributed by atoms with Crippen LogP contribution in [0.3, 0.4) is 0 Å². The Bertz CT molecular complexity index is 365. The van der Waals surface area contributed by atoms with E-state index in [9.17, 15) is 0 Å². The first kappa shape index (κ1) is 11.3. The summed E-state index contributed by atoms with van der Waals surface area (Å²) < 4.78 is 5.67. The Balaban J connectivity index is 2.18. The highest BCUT2D eigenvalue weighted by Gasteiger charge is 2.15. The second kappa shape index (κ2) is 4.74. The van der Waals surface area contributed by atoms with Gasteiger partial charge in [-0.05, 0) is 30.5 Å². The van der Waals surface area contributed by atoms with Crippen molar-refractivity contribution in [3.8, 4) is 5.75 Å². The normalized spacial score (nSPS) is 16.6. The van der Waals surface area contributed by atoms with Crippen molar-refractivity contribution in [2.45, 2.75) is 25.8 Å². The summed E-state index contributed by atoms with van der Waals surface area (Å²) in [6.07, 6.45) is 1.94. The van der Waals surface area contributed by atoms with Crippen LogP contribution in [-0.4, -0.2) is 26.2 Å². The van der Waals surface area contributed by atoms with Crippen LogP contribution in [0.2, 0.25) is 0 Å². The highest BCUT2D eigenvalue weighted by atomic mass is 16.5. The Morgan fingerprint density at radius 2 is 2.31 bits per heavy atom.